The normalized spacial score (nSPS) is 10.9. The van der Waals surface area contributed by atoms with Crippen LogP contribution in [-0.4, -0.2) is 9.97 Å². The molecule has 2 aromatic carbocycles. The lowest BCUT2D eigenvalue weighted by Gasteiger charge is -2.07. The van der Waals surface area contributed by atoms with Gasteiger partial charge in [0.25, 0.3) is 0 Å². The minimum Gasteiger partial charge on any atom is -0.383 e. The minimum atomic E-state index is 0.408. The maximum Gasteiger partial charge on any atom is 0.162 e. The van der Waals surface area contributed by atoms with E-state index in [9.17, 15) is 0 Å². The Morgan fingerprint density at radius 1 is 0.950 bits per heavy atom. The molecule has 20 heavy (non-hydrogen) atoms. The summed E-state index contributed by atoms with van der Waals surface area (Å²) in [4.78, 5) is 8.87. The van der Waals surface area contributed by atoms with Crippen LogP contribution in [0, 0.1) is 6.92 Å². The number of aromatic nitrogens is 2. The third-order valence-corrected chi connectivity index (χ3v) is 3.44. The lowest BCUT2D eigenvalue weighted by Crippen LogP contribution is -1.98. The Balaban J connectivity index is 2.24. The maximum atomic E-state index is 6.07. The van der Waals surface area contributed by atoms with E-state index in [-0.39, 0.29) is 0 Å². The Bertz CT molecular complexity index is 795. The zero-order valence-corrected chi connectivity index (χ0v) is 12.2. The molecule has 0 bridgehead atoms. The Kier molecular flexibility index (Phi) is 3.24. The van der Waals surface area contributed by atoms with Crippen molar-refractivity contribution in [3.05, 3.63) is 52.0 Å². The van der Waals surface area contributed by atoms with Crippen molar-refractivity contribution in [1.82, 2.24) is 9.97 Å². The highest BCUT2D eigenvalue weighted by atomic mass is 35.5. The van der Waals surface area contributed by atoms with Crippen molar-refractivity contribution in [2.24, 2.45) is 0 Å². The van der Waals surface area contributed by atoms with Crippen LogP contribution in [0.5, 0.6) is 0 Å². The van der Waals surface area contributed by atoms with E-state index < -0.39 is 0 Å². The van der Waals surface area contributed by atoms with Gasteiger partial charge in [-0.25, -0.2) is 9.97 Å². The number of nitrogens with two attached hydrogens (primary N) is 1. The van der Waals surface area contributed by atoms with Crippen LogP contribution in [0.4, 0.5) is 5.82 Å². The Morgan fingerprint density at radius 3 is 2.50 bits per heavy atom. The summed E-state index contributed by atoms with van der Waals surface area (Å²) in [5.74, 6) is 0.966. The number of fused-ring (bicyclic) bond motifs is 1. The number of rotatable bonds is 1. The summed E-state index contributed by atoms with van der Waals surface area (Å²) in [6, 6.07) is 11.1. The molecule has 0 saturated heterocycles. The van der Waals surface area contributed by atoms with E-state index in [1.165, 1.54) is 0 Å². The average Bonchev–Trinajstić information content (AvgIpc) is 2.38. The first-order valence-corrected chi connectivity index (χ1v) is 6.79. The first-order valence-electron chi connectivity index (χ1n) is 6.03. The van der Waals surface area contributed by atoms with Gasteiger partial charge in [0.15, 0.2) is 5.82 Å². The zero-order valence-electron chi connectivity index (χ0n) is 10.7. The van der Waals surface area contributed by atoms with Crippen molar-refractivity contribution < 1.29 is 0 Å². The van der Waals surface area contributed by atoms with Crippen LogP contribution < -0.4 is 5.73 Å². The molecule has 0 aliphatic rings. The zero-order chi connectivity index (χ0) is 14.3. The second-order valence-electron chi connectivity index (χ2n) is 4.61. The van der Waals surface area contributed by atoms with Gasteiger partial charge in [0, 0.05) is 21.0 Å². The molecule has 1 aromatic heterocycles. The number of benzene rings is 2. The van der Waals surface area contributed by atoms with Crippen molar-refractivity contribution in [1.29, 1.82) is 0 Å². The summed E-state index contributed by atoms with van der Waals surface area (Å²) >= 11 is 12.0. The number of aryl methyl sites for hydroxylation is 1. The van der Waals surface area contributed by atoms with Gasteiger partial charge < -0.3 is 5.73 Å². The van der Waals surface area contributed by atoms with E-state index >= 15 is 0 Å². The highest BCUT2D eigenvalue weighted by Gasteiger charge is 2.09. The maximum absolute atomic E-state index is 6.07. The number of nitrogen functional groups attached to an aromatic ring is 1. The lowest BCUT2D eigenvalue weighted by atomic mass is 10.1. The largest absolute Gasteiger partial charge is 0.383 e. The molecule has 5 heteroatoms. The Hall–Kier alpha value is -1.84. The average molecular weight is 304 g/mol. The molecule has 0 amide bonds. The van der Waals surface area contributed by atoms with Crippen LogP contribution in [0.3, 0.4) is 0 Å². The molecule has 3 nitrogen and oxygen atoms in total. The van der Waals surface area contributed by atoms with Crippen LogP contribution in [0.25, 0.3) is 22.3 Å². The first-order chi connectivity index (χ1) is 9.52. The van der Waals surface area contributed by atoms with E-state index in [4.69, 9.17) is 28.9 Å². The molecule has 0 unspecified atom stereocenters. The molecule has 1 heterocycles. The number of anilines is 1. The first kappa shape index (κ1) is 13.2. The quantitative estimate of drug-likeness (QED) is 0.720. The standard InChI is InChI=1S/C15H11Cl2N3/c1-8-4-9(6-11(17)5-8)15-19-13-3-2-10(16)7-12(13)14(18)20-15/h2-7H,1H3,(H2,18,19,20). The molecule has 0 aliphatic carbocycles. The van der Waals surface area contributed by atoms with Gasteiger partial charge >= 0.3 is 0 Å². The van der Waals surface area contributed by atoms with Gasteiger partial charge in [-0.3, -0.25) is 0 Å². The third kappa shape index (κ3) is 2.42. The number of nitrogens with zero attached hydrogens (tertiary/aromatic N) is 2. The van der Waals surface area contributed by atoms with E-state index in [1.807, 2.05) is 31.2 Å². The van der Waals surface area contributed by atoms with Gasteiger partial charge in [-0.1, -0.05) is 23.2 Å². The molecule has 2 N–H and O–H groups in total. The second-order valence-corrected chi connectivity index (χ2v) is 5.48. The van der Waals surface area contributed by atoms with Gasteiger partial charge in [0.2, 0.25) is 0 Å². The van der Waals surface area contributed by atoms with Crippen LogP contribution >= 0.6 is 23.2 Å². The van der Waals surface area contributed by atoms with E-state index in [1.54, 1.807) is 12.1 Å². The summed E-state index contributed by atoms with van der Waals surface area (Å²) < 4.78 is 0. The molecule has 0 spiro atoms. The molecule has 0 fully saturated rings. The van der Waals surface area contributed by atoms with E-state index in [0.29, 0.717) is 21.7 Å². The van der Waals surface area contributed by atoms with Crippen LogP contribution in [0.15, 0.2) is 36.4 Å². The molecule has 0 radical (unpaired) electrons. The topological polar surface area (TPSA) is 51.8 Å². The fourth-order valence-electron chi connectivity index (χ4n) is 2.12. The van der Waals surface area contributed by atoms with E-state index in [0.717, 1.165) is 22.0 Å². The van der Waals surface area contributed by atoms with Crippen LogP contribution in [-0.2, 0) is 0 Å². The highest BCUT2D eigenvalue weighted by Crippen LogP contribution is 2.27. The molecular formula is C15H11Cl2N3. The van der Waals surface area contributed by atoms with Crippen molar-refractivity contribution in [3.63, 3.8) is 0 Å². The van der Waals surface area contributed by atoms with Crippen molar-refractivity contribution in [2.45, 2.75) is 6.92 Å². The lowest BCUT2D eigenvalue weighted by molar-refractivity contribution is 1.23. The summed E-state index contributed by atoms with van der Waals surface area (Å²) in [6.07, 6.45) is 0. The number of halogens is 2. The van der Waals surface area contributed by atoms with Gasteiger partial charge in [0.05, 0.1) is 5.52 Å². The fourth-order valence-corrected chi connectivity index (χ4v) is 2.58. The molecule has 3 aromatic rings. The minimum absolute atomic E-state index is 0.408. The van der Waals surface area contributed by atoms with Crippen LogP contribution in [0.2, 0.25) is 10.0 Å². The molecular weight excluding hydrogens is 293 g/mol. The number of hydrogen-bond donors (Lipinski definition) is 1. The molecule has 3 rings (SSSR count). The van der Waals surface area contributed by atoms with Crippen molar-refractivity contribution in [2.75, 3.05) is 5.73 Å². The summed E-state index contributed by atoms with van der Waals surface area (Å²) in [6.45, 7) is 1.97. The number of hydrogen-bond acceptors (Lipinski definition) is 3. The highest BCUT2D eigenvalue weighted by molar-refractivity contribution is 6.31. The second kappa shape index (κ2) is 4.93. The van der Waals surface area contributed by atoms with Crippen molar-refractivity contribution in [3.8, 4) is 11.4 Å². The van der Waals surface area contributed by atoms with Gasteiger partial charge in [-0.2, -0.15) is 0 Å². The van der Waals surface area contributed by atoms with E-state index in [2.05, 4.69) is 9.97 Å². The predicted molar refractivity (Wildman–Crippen MR) is 84.1 cm³/mol. The molecule has 100 valence electrons. The Labute approximate surface area is 126 Å². The summed E-state index contributed by atoms with van der Waals surface area (Å²) in [7, 11) is 0. The smallest absolute Gasteiger partial charge is 0.162 e. The third-order valence-electron chi connectivity index (χ3n) is 2.99. The summed E-state index contributed by atoms with van der Waals surface area (Å²) in [5.41, 5.74) is 8.65. The van der Waals surface area contributed by atoms with Gasteiger partial charge in [-0.15, -0.1) is 0 Å². The molecule has 0 atom stereocenters. The van der Waals surface area contributed by atoms with Gasteiger partial charge in [-0.05, 0) is 48.9 Å². The summed E-state index contributed by atoms with van der Waals surface area (Å²) in [5, 5.41) is 2.01. The molecule has 0 aliphatic heterocycles. The SMILES string of the molecule is Cc1cc(Cl)cc(-c2nc(N)c3cc(Cl)ccc3n2)c1. The molecule has 0 saturated carbocycles. The van der Waals surface area contributed by atoms with Crippen molar-refractivity contribution >= 4 is 39.9 Å². The monoisotopic (exact) mass is 303 g/mol. The Morgan fingerprint density at radius 2 is 1.75 bits per heavy atom. The van der Waals surface area contributed by atoms with Crippen LogP contribution in [0.1, 0.15) is 5.56 Å². The van der Waals surface area contributed by atoms with Gasteiger partial charge in [0.1, 0.15) is 5.82 Å². The predicted octanol–water partition coefficient (Wildman–Crippen LogP) is 4.49. The fraction of sp³-hybridized carbons (Fsp3) is 0.0667.